The number of nitriles is 1. The van der Waals surface area contributed by atoms with Gasteiger partial charge >= 0.3 is 6.18 Å². The molecule has 0 radical (unpaired) electrons. The highest BCUT2D eigenvalue weighted by Gasteiger charge is 2.31. The molecule has 0 aliphatic heterocycles. The van der Waals surface area contributed by atoms with Crippen LogP contribution in [0.3, 0.4) is 0 Å². The summed E-state index contributed by atoms with van der Waals surface area (Å²) >= 11 is 0. The molecule has 1 amide bonds. The van der Waals surface area contributed by atoms with Crippen molar-refractivity contribution in [2.75, 3.05) is 5.32 Å². The molecule has 0 saturated carbocycles. The van der Waals surface area contributed by atoms with Crippen molar-refractivity contribution in [2.45, 2.75) is 6.18 Å². The van der Waals surface area contributed by atoms with Crippen LogP contribution < -0.4 is 5.32 Å². The molecule has 0 aliphatic carbocycles. The second kappa shape index (κ2) is 7.65. The number of alkyl halides is 3. The maximum atomic E-state index is 12.5. The average Bonchev–Trinajstić information content (AvgIpc) is 2.62. The number of ketones is 1. The number of anilines is 1. The summed E-state index contributed by atoms with van der Waals surface area (Å²) in [6.45, 7) is 0. The van der Waals surface area contributed by atoms with Crippen LogP contribution in [0.25, 0.3) is 0 Å². The van der Waals surface area contributed by atoms with Gasteiger partial charge in [0, 0.05) is 23.4 Å². The van der Waals surface area contributed by atoms with Crippen molar-refractivity contribution in [3.8, 4) is 6.07 Å². The molecule has 0 heterocycles. The fourth-order valence-electron chi connectivity index (χ4n) is 2.13. The third-order valence-corrected chi connectivity index (χ3v) is 3.47. The van der Waals surface area contributed by atoms with Crippen LogP contribution in [0.15, 0.2) is 48.5 Å². The minimum atomic E-state index is -4.55. The van der Waals surface area contributed by atoms with Gasteiger partial charge in [-0.1, -0.05) is 12.1 Å². The van der Waals surface area contributed by atoms with Crippen LogP contribution >= 0.6 is 0 Å². The van der Waals surface area contributed by atoms with E-state index in [0.717, 1.165) is 36.4 Å². The molecule has 10 heteroatoms. The van der Waals surface area contributed by atoms with E-state index in [-0.39, 0.29) is 16.9 Å². The zero-order chi connectivity index (χ0) is 20.2. The van der Waals surface area contributed by atoms with E-state index < -0.39 is 34.3 Å². The van der Waals surface area contributed by atoms with Crippen LogP contribution in [-0.2, 0) is 11.0 Å². The normalized spacial score (nSPS) is 11.9. The highest BCUT2D eigenvalue weighted by molar-refractivity contribution is 6.15. The van der Waals surface area contributed by atoms with Crippen LogP contribution in [0.5, 0.6) is 0 Å². The number of carbonyl (C=O) groups excluding carboxylic acids is 2. The van der Waals surface area contributed by atoms with E-state index in [1.165, 1.54) is 18.2 Å². The smallest absolute Gasteiger partial charge is 0.325 e. The first-order valence-electron chi connectivity index (χ1n) is 7.30. The van der Waals surface area contributed by atoms with E-state index in [4.69, 9.17) is 5.26 Å². The molecule has 0 bridgehead atoms. The number of nitrogens with one attached hydrogen (secondary N) is 1. The standard InChI is InChI=1S/C17H10F3N3O4/c18-17(19,20)11-4-6-12(7-5-11)22-16(25)14(9-21)15(24)10-2-1-3-13(8-10)23(26)27/h1-8,14H,(H,22,25). The lowest BCUT2D eigenvalue weighted by atomic mass is 9.97. The van der Waals surface area contributed by atoms with Gasteiger partial charge in [-0.3, -0.25) is 19.7 Å². The van der Waals surface area contributed by atoms with Gasteiger partial charge in [0.25, 0.3) is 5.69 Å². The second-order valence-corrected chi connectivity index (χ2v) is 5.30. The predicted molar refractivity (Wildman–Crippen MR) is 86.6 cm³/mol. The molecule has 2 aromatic rings. The highest BCUT2D eigenvalue weighted by Crippen LogP contribution is 2.30. The minimum absolute atomic E-state index is 0.0416. The fourth-order valence-corrected chi connectivity index (χ4v) is 2.13. The Labute approximate surface area is 150 Å². The van der Waals surface area contributed by atoms with Gasteiger partial charge < -0.3 is 5.32 Å². The van der Waals surface area contributed by atoms with Crippen LogP contribution in [0.4, 0.5) is 24.5 Å². The molecule has 1 atom stereocenters. The number of carbonyl (C=O) groups is 2. The number of non-ortho nitro benzene ring substituents is 1. The maximum Gasteiger partial charge on any atom is 0.416 e. The summed E-state index contributed by atoms with van der Waals surface area (Å²) in [5.74, 6) is -3.85. The van der Waals surface area contributed by atoms with Crippen molar-refractivity contribution in [3.05, 3.63) is 69.8 Å². The molecule has 1 N–H and O–H groups in total. The number of amides is 1. The Hall–Kier alpha value is -3.74. The van der Waals surface area contributed by atoms with Crippen LogP contribution in [0, 0.1) is 27.4 Å². The fraction of sp³-hybridized carbons (Fsp3) is 0.118. The van der Waals surface area contributed by atoms with Gasteiger partial charge in [-0.15, -0.1) is 0 Å². The van der Waals surface area contributed by atoms with E-state index in [1.807, 2.05) is 0 Å². The van der Waals surface area contributed by atoms with E-state index >= 15 is 0 Å². The van der Waals surface area contributed by atoms with Crippen molar-refractivity contribution < 1.29 is 27.7 Å². The Bertz CT molecular complexity index is 934. The number of nitro benzene ring substituents is 1. The molecular formula is C17H10F3N3O4. The van der Waals surface area contributed by atoms with Gasteiger partial charge in [0.2, 0.25) is 5.91 Å². The van der Waals surface area contributed by atoms with Crippen molar-refractivity contribution in [2.24, 2.45) is 5.92 Å². The molecule has 0 aromatic heterocycles. The lowest BCUT2D eigenvalue weighted by Crippen LogP contribution is -2.28. The summed E-state index contributed by atoms with van der Waals surface area (Å²) in [6, 6.07) is 9.43. The van der Waals surface area contributed by atoms with Crippen molar-refractivity contribution in [3.63, 3.8) is 0 Å². The number of nitrogens with zero attached hydrogens (tertiary/aromatic N) is 2. The van der Waals surface area contributed by atoms with Crippen LogP contribution in [0.2, 0.25) is 0 Å². The van der Waals surface area contributed by atoms with Gasteiger partial charge in [-0.25, -0.2) is 0 Å². The van der Waals surface area contributed by atoms with E-state index in [0.29, 0.717) is 0 Å². The third kappa shape index (κ3) is 4.66. The molecule has 2 rings (SSSR count). The van der Waals surface area contributed by atoms with Crippen molar-refractivity contribution >= 4 is 23.1 Å². The molecule has 0 spiro atoms. The third-order valence-electron chi connectivity index (χ3n) is 3.47. The van der Waals surface area contributed by atoms with E-state index in [1.54, 1.807) is 0 Å². The summed E-state index contributed by atoms with van der Waals surface area (Å²) in [6.07, 6.45) is -4.55. The Morgan fingerprint density at radius 2 is 1.78 bits per heavy atom. The Balaban J connectivity index is 2.18. The minimum Gasteiger partial charge on any atom is -0.325 e. The quantitative estimate of drug-likeness (QED) is 0.370. The number of hydrogen-bond donors (Lipinski definition) is 1. The zero-order valence-corrected chi connectivity index (χ0v) is 13.4. The molecule has 0 aliphatic rings. The molecule has 138 valence electrons. The zero-order valence-electron chi connectivity index (χ0n) is 13.4. The average molecular weight is 377 g/mol. The van der Waals surface area contributed by atoms with Gasteiger partial charge in [0.15, 0.2) is 11.7 Å². The van der Waals surface area contributed by atoms with Crippen LogP contribution in [0.1, 0.15) is 15.9 Å². The van der Waals surface area contributed by atoms with E-state index in [9.17, 15) is 32.9 Å². The van der Waals surface area contributed by atoms with Gasteiger partial charge in [0.1, 0.15) is 0 Å². The number of nitro groups is 1. The first-order valence-corrected chi connectivity index (χ1v) is 7.30. The Morgan fingerprint density at radius 3 is 2.30 bits per heavy atom. The molecule has 2 aromatic carbocycles. The number of hydrogen-bond acceptors (Lipinski definition) is 5. The van der Waals surface area contributed by atoms with Crippen LogP contribution in [-0.4, -0.2) is 16.6 Å². The lowest BCUT2D eigenvalue weighted by Gasteiger charge is -2.11. The Morgan fingerprint density at radius 1 is 1.15 bits per heavy atom. The topological polar surface area (TPSA) is 113 Å². The van der Waals surface area contributed by atoms with Gasteiger partial charge in [0.05, 0.1) is 16.6 Å². The number of benzene rings is 2. The highest BCUT2D eigenvalue weighted by atomic mass is 19.4. The largest absolute Gasteiger partial charge is 0.416 e. The summed E-state index contributed by atoms with van der Waals surface area (Å²) in [5.41, 5.74) is -1.57. The summed E-state index contributed by atoms with van der Waals surface area (Å²) in [7, 11) is 0. The second-order valence-electron chi connectivity index (χ2n) is 5.30. The SMILES string of the molecule is N#CC(C(=O)Nc1ccc(C(F)(F)F)cc1)C(=O)c1cccc([N+](=O)[O-])c1. The molecule has 0 fully saturated rings. The van der Waals surface area contributed by atoms with E-state index in [2.05, 4.69) is 5.32 Å². The first-order chi connectivity index (χ1) is 12.6. The van der Waals surface area contributed by atoms with Crippen molar-refractivity contribution in [1.82, 2.24) is 0 Å². The molecular weight excluding hydrogens is 367 g/mol. The van der Waals surface area contributed by atoms with Gasteiger partial charge in [-0.2, -0.15) is 18.4 Å². The molecule has 0 saturated heterocycles. The van der Waals surface area contributed by atoms with Crippen molar-refractivity contribution in [1.29, 1.82) is 5.26 Å². The number of rotatable bonds is 5. The predicted octanol–water partition coefficient (Wildman–Crippen LogP) is 3.57. The first kappa shape index (κ1) is 19.6. The molecule has 1 unspecified atom stereocenters. The summed E-state index contributed by atoms with van der Waals surface area (Å²) in [4.78, 5) is 34.5. The number of Topliss-reactive ketones (excluding diaryl/α,β-unsaturated/α-hetero) is 1. The maximum absolute atomic E-state index is 12.5. The monoisotopic (exact) mass is 377 g/mol. The number of halogens is 3. The lowest BCUT2D eigenvalue weighted by molar-refractivity contribution is -0.384. The Kier molecular flexibility index (Phi) is 5.55. The summed E-state index contributed by atoms with van der Waals surface area (Å²) in [5, 5.41) is 22.1. The molecule has 7 nitrogen and oxygen atoms in total. The summed E-state index contributed by atoms with van der Waals surface area (Å²) < 4.78 is 37.6. The van der Waals surface area contributed by atoms with Gasteiger partial charge in [-0.05, 0) is 24.3 Å². The molecule has 27 heavy (non-hydrogen) atoms.